The number of pyridine rings is 1. The van der Waals surface area contributed by atoms with E-state index in [2.05, 4.69) is 15.3 Å². The summed E-state index contributed by atoms with van der Waals surface area (Å²) in [5.74, 6) is -0.254. The molecule has 0 unspecified atom stereocenters. The van der Waals surface area contributed by atoms with E-state index in [1.54, 1.807) is 35.3 Å². The number of thiazole rings is 1. The lowest BCUT2D eigenvalue weighted by Crippen LogP contribution is -2.12. The third-order valence-electron chi connectivity index (χ3n) is 2.63. The number of amides is 1. The fraction of sp³-hybridized carbons (Fsp3) is 0. The molecule has 0 saturated heterocycles. The number of anilines is 1. The summed E-state index contributed by atoms with van der Waals surface area (Å²) in [6.07, 6.45) is 1.66. The summed E-state index contributed by atoms with van der Waals surface area (Å²) in [4.78, 5) is 20.2. The highest BCUT2D eigenvalue weighted by Crippen LogP contribution is 2.28. The molecule has 0 aliphatic carbocycles. The van der Waals surface area contributed by atoms with Crippen molar-refractivity contribution in [3.05, 3.63) is 52.1 Å². The summed E-state index contributed by atoms with van der Waals surface area (Å²) >= 11 is 7.48. The highest BCUT2D eigenvalue weighted by molar-refractivity contribution is 7.07. The summed E-state index contributed by atoms with van der Waals surface area (Å²) in [6.45, 7) is 0. The normalized spacial score (nSPS) is 10.6. The van der Waals surface area contributed by atoms with Crippen molar-refractivity contribution in [2.45, 2.75) is 0 Å². The molecule has 0 radical (unpaired) electrons. The van der Waals surface area contributed by atoms with E-state index in [1.165, 1.54) is 11.3 Å². The number of rotatable bonds is 2. The van der Waals surface area contributed by atoms with E-state index in [1.807, 2.05) is 6.07 Å². The Balaban J connectivity index is 2.02. The Morgan fingerprint density at radius 1 is 1.26 bits per heavy atom. The van der Waals surface area contributed by atoms with Gasteiger partial charge >= 0.3 is 0 Å². The fourth-order valence-electron chi connectivity index (χ4n) is 1.75. The zero-order valence-corrected chi connectivity index (χ0v) is 11.2. The minimum absolute atomic E-state index is 0.254. The molecule has 0 atom stereocenters. The quantitative estimate of drug-likeness (QED) is 0.784. The first kappa shape index (κ1) is 12.1. The first-order valence-electron chi connectivity index (χ1n) is 5.48. The van der Waals surface area contributed by atoms with E-state index in [0.717, 1.165) is 5.39 Å². The van der Waals surface area contributed by atoms with Gasteiger partial charge in [0.25, 0.3) is 5.91 Å². The van der Waals surface area contributed by atoms with Gasteiger partial charge in [-0.25, -0.2) is 4.98 Å². The molecule has 2 aromatic heterocycles. The molecule has 1 N–H and O–H groups in total. The van der Waals surface area contributed by atoms with E-state index >= 15 is 0 Å². The predicted octanol–water partition coefficient (Wildman–Crippen LogP) is 3.60. The van der Waals surface area contributed by atoms with Crippen LogP contribution in [0.15, 0.2) is 41.4 Å². The molecule has 0 spiro atoms. The van der Waals surface area contributed by atoms with Gasteiger partial charge in [-0.05, 0) is 24.3 Å². The van der Waals surface area contributed by atoms with Gasteiger partial charge in [-0.1, -0.05) is 11.6 Å². The van der Waals surface area contributed by atoms with Crippen molar-refractivity contribution in [1.29, 1.82) is 0 Å². The molecule has 0 aliphatic rings. The summed E-state index contributed by atoms with van der Waals surface area (Å²) in [5, 5.41) is 5.91. The Hall–Kier alpha value is -1.98. The zero-order valence-electron chi connectivity index (χ0n) is 9.63. The van der Waals surface area contributed by atoms with Crippen LogP contribution in [-0.4, -0.2) is 15.9 Å². The summed E-state index contributed by atoms with van der Waals surface area (Å²) in [7, 11) is 0. The molecule has 0 saturated carbocycles. The Kier molecular flexibility index (Phi) is 3.15. The highest BCUT2D eigenvalue weighted by Gasteiger charge is 2.11. The summed E-state index contributed by atoms with van der Waals surface area (Å²) in [5.41, 5.74) is 3.30. The molecule has 19 heavy (non-hydrogen) atoms. The molecule has 0 fully saturated rings. The number of halogens is 1. The van der Waals surface area contributed by atoms with Crippen LogP contribution in [0, 0.1) is 0 Å². The second-order valence-electron chi connectivity index (χ2n) is 3.82. The second kappa shape index (κ2) is 4.95. The number of carbonyl (C=O) groups excluding carboxylic acids is 1. The van der Waals surface area contributed by atoms with Crippen LogP contribution in [0.2, 0.25) is 5.02 Å². The molecule has 3 aromatic rings. The zero-order chi connectivity index (χ0) is 13.2. The Morgan fingerprint density at radius 2 is 2.16 bits per heavy atom. The van der Waals surface area contributed by atoms with E-state index in [0.29, 0.717) is 21.9 Å². The van der Waals surface area contributed by atoms with E-state index < -0.39 is 0 Å². The van der Waals surface area contributed by atoms with Gasteiger partial charge in [0.05, 0.1) is 21.7 Å². The van der Waals surface area contributed by atoms with Crippen LogP contribution < -0.4 is 5.32 Å². The smallest absolute Gasteiger partial charge is 0.275 e. The number of aromatic nitrogens is 2. The number of nitrogens with one attached hydrogen (secondary N) is 1. The van der Waals surface area contributed by atoms with Gasteiger partial charge in [0.1, 0.15) is 5.69 Å². The molecular weight excluding hydrogens is 282 g/mol. The van der Waals surface area contributed by atoms with E-state index in [-0.39, 0.29) is 5.91 Å². The van der Waals surface area contributed by atoms with Crippen molar-refractivity contribution in [3.8, 4) is 0 Å². The lowest BCUT2D eigenvalue weighted by molar-refractivity contribution is 0.102. The van der Waals surface area contributed by atoms with E-state index in [9.17, 15) is 4.79 Å². The first-order valence-corrected chi connectivity index (χ1v) is 6.80. The van der Waals surface area contributed by atoms with Crippen LogP contribution in [0.25, 0.3) is 10.9 Å². The van der Waals surface area contributed by atoms with Gasteiger partial charge < -0.3 is 5.32 Å². The third kappa shape index (κ3) is 2.30. The number of hydrogen-bond donors (Lipinski definition) is 1. The maximum atomic E-state index is 12.0. The number of benzene rings is 1. The molecule has 6 heteroatoms. The number of nitrogens with zero attached hydrogens (tertiary/aromatic N) is 2. The first-order chi connectivity index (χ1) is 9.25. The molecule has 0 bridgehead atoms. The molecule has 4 nitrogen and oxygen atoms in total. The molecule has 1 aromatic carbocycles. The van der Waals surface area contributed by atoms with Crippen molar-refractivity contribution in [1.82, 2.24) is 9.97 Å². The van der Waals surface area contributed by atoms with Crippen molar-refractivity contribution in [2.75, 3.05) is 5.32 Å². The standard InChI is InChI=1S/C13H8ClN3OS/c14-9-3-4-10(12-8(9)2-1-5-15-12)17-13(18)11-6-19-7-16-11/h1-7H,(H,17,18). The highest BCUT2D eigenvalue weighted by atomic mass is 35.5. The average molecular weight is 290 g/mol. The number of carbonyl (C=O) groups is 1. The van der Waals surface area contributed by atoms with Crippen molar-refractivity contribution in [2.24, 2.45) is 0 Å². The van der Waals surface area contributed by atoms with Crippen molar-refractivity contribution < 1.29 is 4.79 Å². The molecule has 0 aliphatic heterocycles. The monoisotopic (exact) mass is 289 g/mol. The lowest BCUT2D eigenvalue weighted by Gasteiger charge is -2.07. The predicted molar refractivity (Wildman–Crippen MR) is 76.8 cm³/mol. The SMILES string of the molecule is O=C(Nc1ccc(Cl)c2cccnc12)c1cscn1. The van der Waals surface area contributed by atoms with Gasteiger partial charge in [0.15, 0.2) is 0 Å². The minimum Gasteiger partial charge on any atom is -0.319 e. The third-order valence-corrected chi connectivity index (χ3v) is 3.55. The maximum absolute atomic E-state index is 12.0. The Labute approximate surface area is 118 Å². The fourth-order valence-corrected chi connectivity index (χ4v) is 2.50. The van der Waals surface area contributed by atoms with Crippen LogP contribution >= 0.6 is 22.9 Å². The van der Waals surface area contributed by atoms with E-state index in [4.69, 9.17) is 11.6 Å². The van der Waals surface area contributed by atoms with Gasteiger partial charge in [0, 0.05) is 17.0 Å². The molecule has 94 valence electrons. The molecule has 2 heterocycles. The van der Waals surface area contributed by atoms with Crippen LogP contribution in [0.1, 0.15) is 10.5 Å². The van der Waals surface area contributed by atoms with Crippen molar-refractivity contribution >= 4 is 45.4 Å². The molecule has 1 amide bonds. The van der Waals surface area contributed by atoms with Crippen LogP contribution in [0.4, 0.5) is 5.69 Å². The van der Waals surface area contributed by atoms with Gasteiger partial charge in [-0.3, -0.25) is 9.78 Å². The largest absolute Gasteiger partial charge is 0.319 e. The van der Waals surface area contributed by atoms with Gasteiger partial charge in [-0.15, -0.1) is 11.3 Å². The minimum atomic E-state index is -0.254. The van der Waals surface area contributed by atoms with Crippen LogP contribution in [-0.2, 0) is 0 Å². The van der Waals surface area contributed by atoms with Crippen LogP contribution in [0.5, 0.6) is 0 Å². The molecular formula is C13H8ClN3OS. The second-order valence-corrected chi connectivity index (χ2v) is 4.95. The van der Waals surface area contributed by atoms with Crippen LogP contribution in [0.3, 0.4) is 0 Å². The Bertz CT molecular complexity index is 743. The Morgan fingerprint density at radius 3 is 2.95 bits per heavy atom. The number of fused-ring (bicyclic) bond motifs is 1. The van der Waals surface area contributed by atoms with Crippen molar-refractivity contribution in [3.63, 3.8) is 0 Å². The summed E-state index contributed by atoms with van der Waals surface area (Å²) in [6, 6.07) is 7.15. The topological polar surface area (TPSA) is 54.9 Å². The average Bonchev–Trinajstić information content (AvgIpc) is 2.96. The van der Waals surface area contributed by atoms with Gasteiger partial charge in [0.2, 0.25) is 0 Å². The molecule has 3 rings (SSSR count). The summed E-state index contributed by atoms with van der Waals surface area (Å²) < 4.78 is 0. The van der Waals surface area contributed by atoms with Gasteiger partial charge in [-0.2, -0.15) is 0 Å². The maximum Gasteiger partial charge on any atom is 0.275 e. The number of hydrogen-bond acceptors (Lipinski definition) is 4. The lowest BCUT2D eigenvalue weighted by atomic mass is 10.2.